The maximum Gasteiger partial charge on any atom is 0.316 e. The number of Topliss-reactive ketones (excluding diaryl/α,β-unsaturated/α-hetero) is 1. The number of hydrogen-bond acceptors (Lipinski definition) is 1. The largest absolute Gasteiger partial charge is 0.316 e. The summed E-state index contributed by atoms with van der Waals surface area (Å²) >= 11 is 0. The number of hydrogen-bond donors (Lipinski definition) is 0. The molecule has 1 N–H and O–H groups in total. The summed E-state index contributed by atoms with van der Waals surface area (Å²) in [6.07, 6.45) is 3.86. The van der Waals surface area contributed by atoms with Crippen LogP contribution in [0.25, 0.3) is 0 Å². The van der Waals surface area contributed by atoms with Crippen LogP contribution in [0.3, 0.4) is 0 Å². The summed E-state index contributed by atoms with van der Waals surface area (Å²) in [5.74, 6) is 0.429. The Hall–Kier alpha value is -0.920. The molecule has 0 saturated heterocycles. The Balaban J connectivity index is 2.99. The summed E-state index contributed by atoms with van der Waals surface area (Å²) in [5, 5.41) is 0. The number of ketones is 2. The summed E-state index contributed by atoms with van der Waals surface area (Å²) < 4.78 is 0. The molecule has 0 aromatic carbocycles. The highest BCUT2D eigenvalue weighted by Gasteiger charge is 2.21. The summed E-state index contributed by atoms with van der Waals surface area (Å²) in [5.41, 5.74) is 1.72. The lowest BCUT2D eigenvalue weighted by Gasteiger charge is -2.13. The van der Waals surface area contributed by atoms with Crippen LogP contribution in [-0.2, 0) is 4.79 Å². The van der Waals surface area contributed by atoms with Crippen LogP contribution in [0.2, 0.25) is 0 Å². The van der Waals surface area contributed by atoms with Crippen molar-refractivity contribution >= 4 is 11.6 Å². The first-order valence-corrected chi connectivity index (χ1v) is 4.38. The van der Waals surface area contributed by atoms with Gasteiger partial charge in [0.1, 0.15) is 0 Å². The van der Waals surface area contributed by atoms with Gasteiger partial charge in [-0.05, 0) is 32.6 Å². The normalized spacial score (nSPS) is 17.8. The quantitative estimate of drug-likeness (QED) is 0.580. The average molecular weight is 167 g/mol. The Labute approximate surface area is 72.7 Å². The fraction of sp³-hybridized carbons (Fsp3) is 0.600. The van der Waals surface area contributed by atoms with Crippen molar-refractivity contribution in [3.05, 3.63) is 11.1 Å². The molecule has 12 heavy (non-hydrogen) atoms. The molecule has 0 heterocycles. The molecule has 0 aromatic rings. The fourth-order valence-electron chi connectivity index (χ4n) is 1.69. The molecule has 0 saturated carbocycles. The molecular formula is C10H15O2+. The molecule has 0 spiro atoms. The predicted molar refractivity (Wildman–Crippen MR) is 48.8 cm³/mol. The lowest BCUT2D eigenvalue weighted by atomic mass is 9.88. The van der Waals surface area contributed by atoms with Crippen molar-refractivity contribution in [2.24, 2.45) is 0 Å². The van der Waals surface area contributed by atoms with Crippen molar-refractivity contribution in [3.8, 4) is 0 Å². The van der Waals surface area contributed by atoms with Gasteiger partial charge in [-0.3, -0.25) is 9.59 Å². The molecule has 0 aromatic heterocycles. The molecule has 0 unspecified atom stereocenters. The van der Waals surface area contributed by atoms with Crippen molar-refractivity contribution in [2.75, 3.05) is 0 Å². The molecule has 0 fully saturated rings. The zero-order chi connectivity index (χ0) is 9.14. The summed E-state index contributed by atoms with van der Waals surface area (Å²) in [4.78, 5) is 20.4. The second-order valence-corrected chi connectivity index (χ2v) is 3.31. The monoisotopic (exact) mass is 167 g/mol. The van der Waals surface area contributed by atoms with Crippen LogP contribution in [0, 0.1) is 0 Å². The Kier molecular flexibility index (Phi) is 2.79. The van der Waals surface area contributed by atoms with E-state index in [4.69, 9.17) is 0 Å². The molecule has 1 aliphatic carbocycles. The number of rotatable bonds is 2. The number of allylic oxidation sites excluding steroid dienone is 2. The molecule has 0 atom stereocenters. The van der Waals surface area contributed by atoms with Crippen LogP contribution in [0.4, 0.5) is 0 Å². The van der Waals surface area contributed by atoms with E-state index in [0.29, 0.717) is 5.78 Å². The van der Waals surface area contributed by atoms with Gasteiger partial charge in [-0.2, -0.15) is 0 Å². The maximum absolute atomic E-state index is 11.1. The van der Waals surface area contributed by atoms with Gasteiger partial charge in [0.05, 0.1) is 12.5 Å². The Morgan fingerprint density at radius 3 is 2.00 bits per heavy atom. The topological polar surface area (TPSA) is 38.5 Å². The van der Waals surface area contributed by atoms with Crippen molar-refractivity contribution < 1.29 is 9.59 Å². The van der Waals surface area contributed by atoms with Crippen molar-refractivity contribution in [3.63, 3.8) is 0 Å². The van der Waals surface area contributed by atoms with E-state index in [9.17, 15) is 9.59 Å². The third-order valence-electron chi connectivity index (χ3n) is 2.33. The molecule has 0 amide bonds. The van der Waals surface area contributed by atoms with E-state index in [1.165, 1.54) is 0 Å². The van der Waals surface area contributed by atoms with Gasteiger partial charge in [0.25, 0.3) is 0 Å². The van der Waals surface area contributed by atoms with E-state index in [0.717, 1.165) is 36.8 Å². The molecule has 66 valence electrons. The Morgan fingerprint density at radius 2 is 1.67 bits per heavy atom. The smallest absolute Gasteiger partial charge is 0.295 e. The number of carbonyl (C=O) groups excluding carboxylic acids is 2. The zero-order valence-corrected chi connectivity index (χ0v) is 7.68. The van der Waals surface area contributed by atoms with Gasteiger partial charge >= 0.3 is 5.78 Å². The van der Waals surface area contributed by atoms with Crippen LogP contribution < -0.4 is 0 Å². The van der Waals surface area contributed by atoms with E-state index in [1.807, 2.05) is 0 Å². The first-order chi connectivity index (χ1) is 5.63. The lowest BCUT2D eigenvalue weighted by Crippen LogP contribution is -2.12. The van der Waals surface area contributed by atoms with Gasteiger partial charge in [-0.15, -0.1) is 0 Å². The molecular weight excluding hydrogens is 152 g/mol. The van der Waals surface area contributed by atoms with Crippen LogP contribution in [-0.4, -0.2) is 16.4 Å². The highest BCUT2D eigenvalue weighted by atomic mass is 16.1. The zero-order valence-electron chi connectivity index (χ0n) is 7.68. The van der Waals surface area contributed by atoms with Crippen molar-refractivity contribution in [1.29, 1.82) is 0 Å². The van der Waals surface area contributed by atoms with Gasteiger partial charge in [0.15, 0.2) is 5.78 Å². The summed E-state index contributed by atoms with van der Waals surface area (Å²) in [7, 11) is 0. The predicted octanol–water partition coefficient (Wildman–Crippen LogP) is 2.01. The highest BCUT2D eigenvalue weighted by molar-refractivity contribution is 6.05. The highest BCUT2D eigenvalue weighted by Crippen LogP contribution is 2.25. The van der Waals surface area contributed by atoms with E-state index < -0.39 is 0 Å². The minimum absolute atomic E-state index is 0.109. The fourth-order valence-corrected chi connectivity index (χ4v) is 1.69. The van der Waals surface area contributed by atoms with E-state index in [1.54, 1.807) is 13.8 Å². The lowest BCUT2D eigenvalue weighted by molar-refractivity contribution is -0.113. The van der Waals surface area contributed by atoms with E-state index >= 15 is 0 Å². The SMILES string of the molecule is CC(=O)C1=C(C(C)=[OH+])CCCC1. The molecule has 1 rings (SSSR count). The van der Waals surface area contributed by atoms with Gasteiger partial charge in [0.2, 0.25) is 0 Å². The molecule has 0 aliphatic heterocycles. The standard InChI is InChI=1S/C10H14O2/c1-7(11)9-5-3-4-6-10(9)8(2)12/h3-6H2,1-2H3/p+1. The second-order valence-electron chi connectivity index (χ2n) is 3.31. The van der Waals surface area contributed by atoms with Gasteiger partial charge in [0, 0.05) is 5.57 Å². The minimum Gasteiger partial charge on any atom is -0.295 e. The van der Waals surface area contributed by atoms with Crippen LogP contribution in [0.5, 0.6) is 0 Å². The van der Waals surface area contributed by atoms with Crippen molar-refractivity contribution in [1.82, 2.24) is 0 Å². The second kappa shape index (κ2) is 3.65. The molecule has 0 radical (unpaired) electrons. The van der Waals surface area contributed by atoms with Crippen LogP contribution in [0.1, 0.15) is 39.5 Å². The van der Waals surface area contributed by atoms with Crippen molar-refractivity contribution in [2.45, 2.75) is 39.5 Å². The van der Waals surface area contributed by atoms with Gasteiger partial charge in [-0.1, -0.05) is 0 Å². The maximum atomic E-state index is 11.1. The van der Waals surface area contributed by atoms with Gasteiger partial charge in [-0.25, -0.2) is 0 Å². The van der Waals surface area contributed by atoms with E-state index in [2.05, 4.69) is 0 Å². The molecule has 2 nitrogen and oxygen atoms in total. The molecule has 0 bridgehead atoms. The van der Waals surface area contributed by atoms with Gasteiger partial charge < -0.3 is 0 Å². The molecule has 1 aliphatic rings. The Morgan fingerprint density at radius 1 is 1.17 bits per heavy atom. The summed E-state index contributed by atoms with van der Waals surface area (Å²) in [6, 6.07) is 0. The first kappa shape index (κ1) is 9.17. The van der Waals surface area contributed by atoms with E-state index in [-0.39, 0.29) is 5.78 Å². The van der Waals surface area contributed by atoms with Crippen LogP contribution in [0.15, 0.2) is 11.1 Å². The molecule has 2 heteroatoms. The average Bonchev–Trinajstić information content (AvgIpc) is 2.04. The number of carbonyl (C=O) groups is 1. The third kappa shape index (κ3) is 1.81. The minimum atomic E-state index is 0.109. The summed E-state index contributed by atoms with van der Waals surface area (Å²) in [6.45, 7) is 3.23. The Bertz CT molecular complexity index is 223. The van der Waals surface area contributed by atoms with Crippen LogP contribution >= 0.6 is 0 Å². The third-order valence-corrected chi connectivity index (χ3v) is 2.33. The first-order valence-electron chi connectivity index (χ1n) is 4.38.